The Morgan fingerprint density at radius 1 is 1.03 bits per heavy atom. The number of pyridine rings is 2. The number of fused-ring (bicyclic) bond motifs is 1. The number of hydrogen-bond donors (Lipinski definition) is 1. The second-order valence-electron chi connectivity index (χ2n) is 6.84. The summed E-state index contributed by atoms with van der Waals surface area (Å²) < 4.78 is 10.8. The molecule has 3 aromatic heterocycles. The van der Waals surface area contributed by atoms with E-state index in [0.29, 0.717) is 17.4 Å². The highest BCUT2D eigenvalue weighted by molar-refractivity contribution is 5.98. The van der Waals surface area contributed by atoms with Gasteiger partial charge in [0.25, 0.3) is 5.89 Å². The number of ether oxygens (including phenoxy) is 1. The van der Waals surface area contributed by atoms with E-state index in [-0.39, 0.29) is 18.3 Å². The third-order valence-electron chi connectivity index (χ3n) is 4.42. The summed E-state index contributed by atoms with van der Waals surface area (Å²) in [6.07, 6.45) is 1.72. The molecule has 7 nitrogen and oxygen atoms in total. The molecule has 0 amide bonds. The Labute approximate surface area is 174 Å². The maximum atomic E-state index is 5.52. The Morgan fingerprint density at radius 2 is 1.79 bits per heavy atom. The van der Waals surface area contributed by atoms with Gasteiger partial charge in [0.1, 0.15) is 5.75 Å². The fourth-order valence-electron chi connectivity index (χ4n) is 2.87. The molecule has 0 saturated heterocycles. The SMILES string of the molecule is COc1ccc(Nc2c(-c3nc(C(C)C)no3)cnc3nc(C)ccc23)cc1.Cl. The Hall–Kier alpha value is -3.19. The van der Waals surface area contributed by atoms with E-state index >= 15 is 0 Å². The third-order valence-corrected chi connectivity index (χ3v) is 4.42. The maximum Gasteiger partial charge on any atom is 0.261 e. The second kappa shape index (κ2) is 8.45. The summed E-state index contributed by atoms with van der Waals surface area (Å²) in [7, 11) is 1.65. The fraction of sp³-hybridized carbons (Fsp3) is 0.238. The summed E-state index contributed by atoms with van der Waals surface area (Å²) in [6.45, 7) is 5.99. The molecule has 0 bridgehead atoms. The monoisotopic (exact) mass is 411 g/mol. The van der Waals surface area contributed by atoms with E-state index < -0.39 is 0 Å². The van der Waals surface area contributed by atoms with Gasteiger partial charge in [-0.05, 0) is 43.3 Å². The first-order valence-electron chi connectivity index (χ1n) is 9.06. The van der Waals surface area contributed by atoms with Gasteiger partial charge in [-0.1, -0.05) is 19.0 Å². The molecule has 0 aliphatic heterocycles. The molecule has 0 radical (unpaired) electrons. The van der Waals surface area contributed by atoms with Crippen molar-refractivity contribution in [3.8, 4) is 17.2 Å². The Kier molecular flexibility index (Phi) is 5.98. The first kappa shape index (κ1) is 20.5. The van der Waals surface area contributed by atoms with Crippen LogP contribution in [-0.4, -0.2) is 27.2 Å². The van der Waals surface area contributed by atoms with E-state index in [9.17, 15) is 0 Å². The number of hydrogen-bond acceptors (Lipinski definition) is 7. The predicted octanol–water partition coefficient (Wildman–Crippen LogP) is 5.29. The number of aryl methyl sites for hydroxylation is 1. The van der Waals surface area contributed by atoms with Gasteiger partial charge in [0.15, 0.2) is 11.5 Å². The number of nitrogens with zero attached hydrogens (tertiary/aromatic N) is 4. The van der Waals surface area contributed by atoms with Crippen LogP contribution in [0.25, 0.3) is 22.5 Å². The van der Waals surface area contributed by atoms with Gasteiger partial charge in [0, 0.05) is 28.9 Å². The molecule has 0 spiro atoms. The molecule has 8 heteroatoms. The van der Waals surface area contributed by atoms with Crippen LogP contribution in [0, 0.1) is 6.92 Å². The van der Waals surface area contributed by atoms with Crippen LogP contribution in [0.3, 0.4) is 0 Å². The van der Waals surface area contributed by atoms with Crippen molar-refractivity contribution in [3.05, 3.63) is 54.1 Å². The molecule has 150 valence electrons. The molecule has 0 unspecified atom stereocenters. The van der Waals surface area contributed by atoms with Crippen molar-refractivity contribution in [3.63, 3.8) is 0 Å². The van der Waals surface area contributed by atoms with Gasteiger partial charge < -0.3 is 14.6 Å². The lowest BCUT2D eigenvalue weighted by molar-refractivity contribution is 0.415. The molecular formula is C21H22ClN5O2. The van der Waals surface area contributed by atoms with E-state index in [1.807, 2.05) is 57.2 Å². The average molecular weight is 412 g/mol. The average Bonchev–Trinajstić information content (AvgIpc) is 3.19. The van der Waals surface area contributed by atoms with Crippen LogP contribution < -0.4 is 10.1 Å². The maximum absolute atomic E-state index is 5.52. The molecule has 0 atom stereocenters. The molecule has 4 rings (SSSR count). The van der Waals surface area contributed by atoms with Gasteiger partial charge in [-0.15, -0.1) is 12.4 Å². The topological polar surface area (TPSA) is 86.0 Å². The summed E-state index contributed by atoms with van der Waals surface area (Å²) in [5.41, 5.74) is 4.01. The number of nitrogens with one attached hydrogen (secondary N) is 1. The highest BCUT2D eigenvalue weighted by Gasteiger charge is 2.18. The smallest absolute Gasteiger partial charge is 0.261 e. The fourth-order valence-corrected chi connectivity index (χ4v) is 2.87. The van der Waals surface area contributed by atoms with Crippen LogP contribution >= 0.6 is 12.4 Å². The first-order chi connectivity index (χ1) is 13.5. The lowest BCUT2D eigenvalue weighted by Crippen LogP contribution is -1.99. The standard InChI is InChI=1S/C21H21N5O2.ClH/c1-12(2)19-25-21(28-26-19)17-11-22-20-16(10-5-13(3)23-20)18(17)24-14-6-8-15(27-4)9-7-14;/h5-12H,1-4H3,(H,22,23,24);1H. The molecule has 3 heterocycles. The normalized spacial score (nSPS) is 10.8. The lowest BCUT2D eigenvalue weighted by atomic mass is 10.1. The van der Waals surface area contributed by atoms with Crippen molar-refractivity contribution in [2.75, 3.05) is 12.4 Å². The lowest BCUT2D eigenvalue weighted by Gasteiger charge is -2.13. The minimum absolute atomic E-state index is 0. The van der Waals surface area contributed by atoms with Crippen LogP contribution in [0.5, 0.6) is 5.75 Å². The summed E-state index contributed by atoms with van der Waals surface area (Å²) in [4.78, 5) is 13.6. The highest BCUT2D eigenvalue weighted by Crippen LogP contribution is 2.35. The third kappa shape index (κ3) is 4.14. The number of aromatic nitrogens is 4. The van der Waals surface area contributed by atoms with Crippen molar-refractivity contribution in [2.24, 2.45) is 0 Å². The van der Waals surface area contributed by atoms with Crippen molar-refractivity contribution in [1.29, 1.82) is 0 Å². The summed E-state index contributed by atoms with van der Waals surface area (Å²) >= 11 is 0. The van der Waals surface area contributed by atoms with Crippen LogP contribution in [0.15, 0.2) is 47.1 Å². The Balaban J connectivity index is 0.00000240. The van der Waals surface area contributed by atoms with E-state index in [1.54, 1.807) is 13.3 Å². The Bertz CT molecular complexity index is 1130. The summed E-state index contributed by atoms with van der Waals surface area (Å²) in [5.74, 6) is 2.05. The number of halogens is 1. The zero-order valence-electron chi connectivity index (χ0n) is 16.6. The quantitative estimate of drug-likeness (QED) is 0.477. The minimum atomic E-state index is 0. The molecule has 0 fully saturated rings. The highest BCUT2D eigenvalue weighted by atomic mass is 35.5. The molecule has 0 aliphatic rings. The van der Waals surface area contributed by atoms with Crippen LogP contribution in [-0.2, 0) is 0 Å². The zero-order chi connectivity index (χ0) is 19.7. The summed E-state index contributed by atoms with van der Waals surface area (Å²) in [6, 6.07) is 11.7. The van der Waals surface area contributed by atoms with E-state index in [4.69, 9.17) is 9.26 Å². The van der Waals surface area contributed by atoms with Crippen LogP contribution in [0.1, 0.15) is 31.3 Å². The second-order valence-corrected chi connectivity index (χ2v) is 6.84. The molecule has 1 aromatic carbocycles. The van der Waals surface area contributed by atoms with E-state index in [2.05, 4.69) is 25.4 Å². The van der Waals surface area contributed by atoms with Gasteiger partial charge in [-0.25, -0.2) is 9.97 Å². The number of anilines is 2. The van der Waals surface area contributed by atoms with Crippen molar-refractivity contribution < 1.29 is 9.26 Å². The van der Waals surface area contributed by atoms with Gasteiger partial charge in [0.2, 0.25) is 0 Å². The van der Waals surface area contributed by atoms with Gasteiger partial charge >= 0.3 is 0 Å². The number of benzene rings is 1. The van der Waals surface area contributed by atoms with Gasteiger partial charge in [0.05, 0.1) is 18.4 Å². The van der Waals surface area contributed by atoms with E-state index in [0.717, 1.165) is 33.8 Å². The van der Waals surface area contributed by atoms with Crippen molar-refractivity contribution >= 4 is 34.8 Å². The minimum Gasteiger partial charge on any atom is -0.497 e. The predicted molar refractivity (Wildman–Crippen MR) is 115 cm³/mol. The summed E-state index contributed by atoms with van der Waals surface area (Å²) in [5, 5.41) is 8.42. The zero-order valence-corrected chi connectivity index (χ0v) is 17.4. The van der Waals surface area contributed by atoms with Gasteiger partial charge in [-0.2, -0.15) is 4.98 Å². The first-order valence-corrected chi connectivity index (χ1v) is 9.06. The van der Waals surface area contributed by atoms with Crippen LogP contribution in [0.2, 0.25) is 0 Å². The number of rotatable bonds is 5. The largest absolute Gasteiger partial charge is 0.497 e. The molecule has 29 heavy (non-hydrogen) atoms. The number of methoxy groups -OCH3 is 1. The molecule has 0 saturated carbocycles. The Morgan fingerprint density at radius 3 is 2.45 bits per heavy atom. The van der Waals surface area contributed by atoms with Crippen LogP contribution in [0.4, 0.5) is 11.4 Å². The molecule has 1 N–H and O–H groups in total. The van der Waals surface area contributed by atoms with Crippen molar-refractivity contribution in [1.82, 2.24) is 20.1 Å². The van der Waals surface area contributed by atoms with Crippen molar-refractivity contribution in [2.45, 2.75) is 26.7 Å². The molecule has 0 aliphatic carbocycles. The van der Waals surface area contributed by atoms with E-state index in [1.165, 1.54) is 0 Å². The molecule has 4 aromatic rings. The molecular weight excluding hydrogens is 390 g/mol. The van der Waals surface area contributed by atoms with Gasteiger partial charge in [-0.3, -0.25) is 0 Å².